The fourth-order valence-corrected chi connectivity index (χ4v) is 5.66. The van der Waals surface area contributed by atoms with Gasteiger partial charge in [-0.05, 0) is 55.0 Å². The lowest BCUT2D eigenvalue weighted by Crippen LogP contribution is -2.41. The maximum Gasteiger partial charge on any atom is 0.264 e. The standard InChI is InChI=1S/C24H23Cl3N2O3S2/c1-17-2-9-21(10-3-17)34(31,32)29(20-8-11-22(26)23(27)14-20)15-24(30)28-12-13-33-16-18-4-6-19(25)7-5-18/h2-11,14H,12-13,15-16H2,1H3,(H,28,30). The van der Waals surface area contributed by atoms with Crippen molar-refractivity contribution in [1.82, 2.24) is 5.32 Å². The number of rotatable bonds is 10. The van der Waals surface area contributed by atoms with Crippen molar-refractivity contribution >= 4 is 68.2 Å². The van der Waals surface area contributed by atoms with Crippen LogP contribution in [0.2, 0.25) is 15.1 Å². The van der Waals surface area contributed by atoms with Gasteiger partial charge in [0, 0.05) is 23.1 Å². The average molecular weight is 558 g/mol. The second-order valence-corrected chi connectivity index (χ2v) is 11.7. The second-order valence-electron chi connectivity index (χ2n) is 7.45. The van der Waals surface area contributed by atoms with Gasteiger partial charge in [0.05, 0.1) is 20.6 Å². The van der Waals surface area contributed by atoms with Crippen LogP contribution in [0, 0.1) is 6.92 Å². The molecule has 0 saturated carbocycles. The monoisotopic (exact) mass is 556 g/mol. The Morgan fingerprint density at radius 3 is 2.26 bits per heavy atom. The Morgan fingerprint density at radius 2 is 1.62 bits per heavy atom. The quantitative estimate of drug-likeness (QED) is 0.301. The number of aryl methyl sites for hydroxylation is 1. The van der Waals surface area contributed by atoms with Gasteiger partial charge in [0.2, 0.25) is 5.91 Å². The molecule has 0 radical (unpaired) electrons. The largest absolute Gasteiger partial charge is 0.354 e. The molecule has 5 nitrogen and oxygen atoms in total. The Hall–Kier alpha value is -1.90. The van der Waals surface area contributed by atoms with Gasteiger partial charge in [0.25, 0.3) is 10.0 Å². The lowest BCUT2D eigenvalue weighted by atomic mass is 10.2. The van der Waals surface area contributed by atoms with E-state index in [0.717, 1.165) is 21.2 Å². The summed E-state index contributed by atoms with van der Waals surface area (Å²) < 4.78 is 27.8. The van der Waals surface area contributed by atoms with Gasteiger partial charge in [-0.2, -0.15) is 11.8 Å². The molecule has 10 heteroatoms. The SMILES string of the molecule is Cc1ccc(S(=O)(=O)N(CC(=O)NCCSCc2ccc(Cl)cc2)c2ccc(Cl)c(Cl)c2)cc1. The van der Waals surface area contributed by atoms with Crippen LogP contribution in [0.15, 0.2) is 71.6 Å². The predicted molar refractivity (Wildman–Crippen MR) is 143 cm³/mol. The van der Waals surface area contributed by atoms with E-state index in [1.165, 1.54) is 30.3 Å². The van der Waals surface area contributed by atoms with E-state index in [1.54, 1.807) is 23.9 Å². The Balaban J connectivity index is 1.67. The van der Waals surface area contributed by atoms with Crippen molar-refractivity contribution in [3.8, 4) is 0 Å². The highest BCUT2D eigenvalue weighted by molar-refractivity contribution is 7.98. The normalized spacial score (nSPS) is 11.3. The molecule has 0 bridgehead atoms. The van der Waals surface area contributed by atoms with Crippen LogP contribution in [0.4, 0.5) is 5.69 Å². The molecular weight excluding hydrogens is 535 g/mol. The molecule has 0 aromatic heterocycles. The topological polar surface area (TPSA) is 66.5 Å². The molecule has 0 aliphatic rings. The Morgan fingerprint density at radius 1 is 0.941 bits per heavy atom. The summed E-state index contributed by atoms with van der Waals surface area (Å²) in [4.78, 5) is 12.8. The van der Waals surface area contributed by atoms with Crippen molar-refractivity contribution in [2.75, 3.05) is 23.1 Å². The van der Waals surface area contributed by atoms with E-state index >= 15 is 0 Å². The van der Waals surface area contributed by atoms with E-state index in [9.17, 15) is 13.2 Å². The number of hydrogen-bond donors (Lipinski definition) is 1. The molecule has 0 aliphatic heterocycles. The highest BCUT2D eigenvalue weighted by Crippen LogP contribution is 2.30. The highest BCUT2D eigenvalue weighted by atomic mass is 35.5. The number of hydrogen-bond acceptors (Lipinski definition) is 4. The molecule has 0 heterocycles. The van der Waals surface area contributed by atoms with Crippen molar-refractivity contribution in [3.05, 3.63) is 92.9 Å². The van der Waals surface area contributed by atoms with Gasteiger partial charge in [0.15, 0.2) is 0 Å². The molecule has 0 saturated heterocycles. The second kappa shape index (κ2) is 12.2. The molecule has 3 aromatic carbocycles. The summed E-state index contributed by atoms with van der Waals surface area (Å²) in [6.07, 6.45) is 0. The number of nitrogens with one attached hydrogen (secondary N) is 1. The van der Waals surface area contributed by atoms with Crippen molar-refractivity contribution in [2.45, 2.75) is 17.6 Å². The minimum absolute atomic E-state index is 0.0792. The number of halogens is 3. The Kier molecular flexibility index (Phi) is 9.56. The number of anilines is 1. The highest BCUT2D eigenvalue weighted by Gasteiger charge is 2.27. The lowest BCUT2D eigenvalue weighted by molar-refractivity contribution is -0.119. The third kappa shape index (κ3) is 7.30. The number of sulfonamides is 1. The third-order valence-electron chi connectivity index (χ3n) is 4.84. The summed E-state index contributed by atoms with van der Waals surface area (Å²) in [5, 5.41) is 3.97. The first-order chi connectivity index (χ1) is 16.2. The Bertz CT molecular complexity index is 1240. The van der Waals surface area contributed by atoms with Crippen LogP contribution in [0.3, 0.4) is 0 Å². The van der Waals surface area contributed by atoms with Crippen molar-refractivity contribution < 1.29 is 13.2 Å². The first-order valence-electron chi connectivity index (χ1n) is 10.3. The van der Waals surface area contributed by atoms with Crippen LogP contribution in [-0.4, -0.2) is 33.2 Å². The summed E-state index contributed by atoms with van der Waals surface area (Å²) in [5.74, 6) is 1.03. The molecule has 1 N–H and O–H groups in total. The summed E-state index contributed by atoms with van der Waals surface area (Å²) in [5.41, 5.74) is 2.31. The van der Waals surface area contributed by atoms with E-state index in [4.69, 9.17) is 34.8 Å². The van der Waals surface area contributed by atoms with Crippen LogP contribution < -0.4 is 9.62 Å². The van der Waals surface area contributed by atoms with Crippen molar-refractivity contribution in [2.24, 2.45) is 0 Å². The van der Waals surface area contributed by atoms with E-state index in [1.807, 2.05) is 31.2 Å². The van der Waals surface area contributed by atoms with Crippen molar-refractivity contribution in [1.29, 1.82) is 0 Å². The molecule has 180 valence electrons. The fraction of sp³-hybridized carbons (Fsp3) is 0.208. The minimum atomic E-state index is -4.02. The zero-order valence-corrected chi connectivity index (χ0v) is 22.2. The van der Waals surface area contributed by atoms with Gasteiger partial charge in [-0.3, -0.25) is 9.10 Å². The number of amides is 1. The lowest BCUT2D eigenvalue weighted by Gasteiger charge is -2.24. The molecule has 1 amide bonds. The predicted octanol–water partition coefficient (Wildman–Crippen LogP) is 6.20. The number of nitrogens with zero attached hydrogens (tertiary/aromatic N) is 1. The smallest absolute Gasteiger partial charge is 0.264 e. The maximum atomic E-state index is 13.4. The Labute approximate surface area is 219 Å². The van der Waals surface area contributed by atoms with Gasteiger partial charge >= 0.3 is 0 Å². The number of benzene rings is 3. The molecular formula is C24H23Cl3N2O3S2. The third-order valence-corrected chi connectivity index (χ3v) is 8.65. The summed E-state index contributed by atoms with van der Waals surface area (Å²) in [6.45, 7) is 1.87. The maximum absolute atomic E-state index is 13.4. The molecule has 0 unspecified atom stereocenters. The van der Waals surface area contributed by atoms with Crippen LogP contribution in [-0.2, 0) is 20.6 Å². The summed E-state index contributed by atoms with van der Waals surface area (Å²) in [7, 11) is -4.02. The fourth-order valence-electron chi connectivity index (χ4n) is 3.01. The van der Waals surface area contributed by atoms with E-state index in [2.05, 4.69) is 5.32 Å². The van der Waals surface area contributed by atoms with E-state index in [0.29, 0.717) is 22.3 Å². The molecule has 0 aliphatic carbocycles. The van der Waals surface area contributed by atoms with E-state index in [-0.39, 0.29) is 15.6 Å². The zero-order valence-electron chi connectivity index (χ0n) is 18.3. The number of carbonyl (C=O) groups excluding carboxylic acids is 1. The number of thioether (sulfide) groups is 1. The van der Waals surface area contributed by atoms with Gasteiger partial charge in [-0.25, -0.2) is 8.42 Å². The molecule has 0 atom stereocenters. The molecule has 34 heavy (non-hydrogen) atoms. The summed E-state index contributed by atoms with van der Waals surface area (Å²) in [6, 6.07) is 18.5. The molecule has 3 aromatic rings. The van der Waals surface area contributed by atoms with Crippen LogP contribution in [0.1, 0.15) is 11.1 Å². The van der Waals surface area contributed by atoms with Crippen LogP contribution in [0.25, 0.3) is 0 Å². The van der Waals surface area contributed by atoms with Gasteiger partial charge in [0.1, 0.15) is 6.54 Å². The van der Waals surface area contributed by atoms with Crippen LogP contribution in [0.5, 0.6) is 0 Å². The molecule has 0 spiro atoms. The van der Waals surface area contributed by atoms with Gasteiger partial charge in [-0.15, -0.1) is 0 Å². The first kappa shape index (κ1) is 26.7. The van der Waals surface area contributed by atoms with Gasteiger partial charge in [-0.1, -0.05) is 64.6 Å². The average Bonchev–Trinajstić information content (AvgIpc) is 2.80. The molecule has 3 rings (SSSR count). The first-order valence-corrected chi connectivity index (χ1v) is 14.0. The van der Waals surface area contributed by atoms with Crippen molar-refractivity contribution in [3.63, 3.8) is 0 Å². The van der Waals surface area contributed by atoms with Crippen LogP contribution >= 0.6 is 46.6 Å². The summed E-state index contributed by atoms with van der Waals surface area (Å²) >= 11 is 19.7. The zero-order chi connectivity index (χ0) is 24.7. The molecule has 0 fully saturated rings. The minimum Gasteiger partial charge on any atom is -0.354 e. The number of carbonyl (C=O) groups is 1. The van der Waals surface area contributed by atoms with E-state index < -0.39 is 22.5 Å². The van der Waals surface area contributed by atoms with Gasteiger partial charge < -0.3 is 5.32 Å².